The van der Waals surface area contributed by atoms with Gasteiger partial charge in [-0.15, -0.1) is 0 Å². The van der Waals surface area contributed by atoms with Crippen LogP contribution < -0.4 is 0 Å². The molecule has 0 unspecified atom stereocenters. The van der Waals surface area contributed by atoms with Crippen molar-refractivity contribution < 1.29 is 86.3 Å². The minimum atomic E-state index is -2.76. The fraction of sp³-hybridized carbons (Fsp3) is 1.00. The smallest absolute Gasteiger partial charge is 0.381 e. The molecule has 0 heterocycles. The molecule has 61 heavy (non-hydrogen) atoms. The molecular formula is C38H86O19Si4. The predicted octanol–water partition coefficient (Wildman–Crippen LogP) is 4.19. The summed E-state index contributed by atoms with van der Waals surface area (Å²) in [6.07, 6.45) is 2.68. The Hall–Kier alpha value is 0.108. The number of rotatable bonds is 46. The lowest BCUT2D eigenvalue weighted by Gasteiger charge is -2.37. The highest BCUT2D eigenvalue weighted by atomic mass is 28.4. The molecule has 0 aliphatic rings. The number of ether oxygens (including phenoxy) is 7. The molecule has 0 spiro atoms. The molecule has 19 nitrogen and oxygen atoms in total. The standard InChI is InChI=1S/C38H86O19Si4/c1-15-51-29-37(31-53-21-17-25-58(39-3,40-4)41-5,32-54-22-18-26-59(42-6,43-7)44-8)35-57-36-38(30-52-16-2,33-55-23-19-27-60(45-9,46-10)47-11)34-56-24-20-28-61(48-12,49-13)50-14/h15-36H2,1-14H3. The van der Waals surface area contributed by atoms with Crippen molar-refractivity contribution in [2.24, 2.45) is 10.8 Å². The molecule has 0 saturated carbocycles. The van der Waals surface area contributed by atoms with Gasteiger partial charge in [0.2, 0.25) is 0 Å². The summed E-state index contributed by atoms with van der Waals surface area (Å²) in [5, 5.41) is 0. The average molecular weight is 959 g/mol. The van der Waals surface area contributed by atoms with E-state index in [4.69, 9.17) is 86.3 Å². The van der Waals surface area contributed by atoms with Crippen LogP contribution in [0.15, 0.2) is 0 Å². The van der Waals surface area contributed by atoms with Crippen molar-refractivity contribution in [3.05, 3.63) is 0 Å². The second-order valence-corrected chi connectivity index (χ2v) is 26.9. The topological polar surface area (TPSA) is 175 Å². The summed E-state index contributed by atoms with van der Waals surface area (Å²) in [7, 11) is 8.23. The first-order chi connectivity index (χ1) is 29.4. The molecule has 0 aromatic carbocycles. The lowest BCUT2D eigenvalue weighted by molar-refractivity contribution is -0.141. The van der Waals surface area contributed by atoms with E-state index in [-0.39, 0.29) is 13.2 Å². The second-order valence-electron chi connectivity index (χ2n) is 14.6. The summed E-state index contributed by atoms with van der Waals surface area (Å²) < 4.78 is 112. The van der Waals surface area contributed by atoms with Crippen LogP contribution in [-0.4, -0.2) is 213 Å². The maximum atomic E-state index is 6.72. The maximum absolute atomic E-state index is 6.72. The van der Waals surface area contributed by atoms with Crippen molar-refractivity contribution in [3.63, 3.8) is 0 Å². The van der Waals surface area contributed by atoms with Gasteiger partial charge in [-0.1, -0.05) is 0 Å². The van der Waals surface area contributed by atoms with E-state index >= 15 is 0 Å². The zero-order valence-electron chi connectivity index (χ0n) is 40.3. The minimum Gasteiger partial charge on any atom is -0.381 e. The summed E-state index contributed by atoms with van der Waals surface area (Å²) in [5.41, 5.74) is -1.34. The van der Waals surface area contributed by atoms with Crippen LogP contribution in [0.1, 0.15) is 39.5 Å². The monoisotopic (exact) mass is 958 g/mol. The van der Waals surface area contributed by atoms with Gasteiger partial charge in [0.15, 0.2) is 0 Å². The van der Waals surface area contributed by atoms with Crippen LogP contribution >= 0.6 is 0 Å². The van der Waals surface area contributed by atoms with Gasteiger partial charge in [-0.3, -0.25) is 0 Å². The Morgan fingerprint density at radius 1 is 0.262 bits per heavy atom. The van der Waals surface area contributed by atoms with Crippen LogP contribution in [0.5, 0.6) is 0 Å². The van der Waals surface area contributed by atoms with Crippen LogP contribution in [0.2, 0.25) is 24.2 Å². The molecule has 0 amide bonds. The van der Waals surface area contributed by atoms with E-state index < -0.39 is 46.0 Å². The predicted molar refractivity (Wildman–Crippen MR) is 237 cm³/mol. The minimum absolute atomic E-state index is 0.258. The summed E-state index contributed by atoms with van der Waals surface area (Å²) >= 11 is 0. The van der Waals surface area contributed by atoms with Crippen LogP contribution in [0.4, 0.5) is 0 Å². The Morgan fingerprint density at radius 2 is 0.443 bits per heavy atom. The molecule has 0 radical (unpaired) electrons. The summed E-state index contributed by atoms with van der Waals surface area (Å²) in [4.78, 5) is 0. The quantitative estimate of drug-likeness (QED) is 0.0627. The molecule has 23 heteroatoms. The van der Waals surface area contributed by atoms with Crippen LogP contribution in [0.3, 0.4) is 0 Å². The first kappa shape index (κ1) is 61.1. The molecule has 368 valence electrons. The molecule has 0 bridgehead atoms. The largest absolute Gasteiger partial charge is 0.500 e. The van der Waals surface area contributed by atoms with Gasteiger partial charge in [0.1, 0.15) is 0 Å². The molecule has 0 saturated heterocycles. The Balaban J connectivity index is 6.35. The van der Waals surface area contributed by atoms with E-state index in [0.29, 0.717) is 129 Å². The van der Waals surface area contributed by atoms with Crippen LogP contribution in [0.25, 0.3) is 0 Å². The fourth-order valence-electron chi connectivity index (χ4n) is 6.56. The highest BCUT2D eigenvalue weighted by molar-refractivity contribution is 6.61. The fourth-order valence-corrected chi connectivity index (χ4v) is 13.3. The summed E-state index contributed by atoms with van der Waals surface area (Å²) in [6, 6.07) is 2.40. The van der Waals surface area contributed by atoms with Gasteiger partial charge < -0.3 is 86.3 Å². The zero-order valence-corrected chi connectivity index (χ0v) is 44.3. The average Bonchev–Trinajstić information content (AvgIpc) is 3.30. The van der Waals surface area contributed by atoms with Gasteiger partial charge in [0.25, 0.3) is 0 Å². The van der Waals surface area contributed by atoms with Crippen LogP contribution in [0, 0.1) is 10.8 Å². The normalized spacial score (nSPS) is 13.5. The Labute approximate surface area is 372 Å². The van der Waals surface area contributed by atoms with Gasteiger partial charge in [-0.25, -0.2) is 0 Å². The molecule has 0 aromatic rings. The van der Waals surface area contributed by atoms with Gasteiger partial charge in [0, 0.05) is 149 Å². The van der Waals surface area contributed by atoms with Crippen molar-refractivity contribution in [2.45, 2.75) is 63.7 Å². The third kappa shape index (κ3) is 22.9. The first-order valence-electron chi connectivity index (χ1n) is 21.0. The van der Waals surface area contributed by atoms with E-state index in [0.717, 1.165) is 0 Å². The van der Waals surface area contributed by atoms with Gasteiger partial charge in [0.05, 0.1) is 63.7 Å². The molecule has 0 aromatic heterocycles. The SMILES string of the molecule is CCOCC(COCCC[Si](OC)(OC)OC)(COCCC[Si](OC)(OC)OC)COCC(COCC)(COCCC[Si](OC)(OC)OC)COCCC[Si](OC)(OC)OC. The molecule has 0 rings (SSSR count). The molecule has 0 aliphatic carbocycles. The van der Waals surface area contributed by atoms with E-state index in [9.17, 15) is 0 Å². The molecule has 0 aliphatic heterocycles. The van der Waals surface area contributed by atoms with Crippen molar-refractivity contribution in [3.8, 4) is 0 Å². The highest BCUT2D eigenvalue weighted by Crippen LogP contribution is 2.27. The van der Waals surface area contributed by atoms with E-state index in [1.54, 1.807) is 85.3 Å². The molecule has 0 fully saturated rings. The van der Waals surface area contributed by atoms with Gasteiger partial charge in [-0.2, -0.15) is 0 Å². The van der Waals surface area contributed by atoms with Crippen molar-refractivity contribution in [2.75, 3.05) is 178 Å². The highest BCUT2D eigenvalue weighted by Gasteiger charge is 2.41. The number of hydrogen-bond donors (Lipinski definition) is 0. The second kappa shape index (κ2) is 35.3. The molecule has 0 N–H and O–H groups in total. The van der Waals surface area contributed by atoms with Crippen molar-refractivity contribution in [1.29, 1.82) is 0 Å². The molecule has 0 atom stereocenters. The van der Waals surface area contributed by atoms with E-state index in [1.165, 1.54) is 0 Å². The Morgan fingerprint density at radius 3 is 0.623 bits per heavy atom. The number of hydrogen-bond acceptors (Lipinski definition) is 19. The third-order valence-corrected chi connectivity index (χ3v) is 21.8. The van der Waals surface area contributed by atoms with Gasteiger partial charge >= 0.3 is 35.2 Å². The van der Waals surface area contributed by atoms with E-state index in [1.807, 2.05) is 13.8 Å². The van der Waals surface area contributed by atoms with Crippen molar-refractivity contribution in [1.82, 2.24) is 0 Å². The lowest BCUT2D eigenvalue weighted by atomic mass is 9.90. The molecular weight excluding hydrogens is 873 g/mol. The first-order valence-corrected chi connectivity index (χ1v) is 28.8. The maximum Gasteiger partial charge on any atom is 0.500 e. The zero-order chi connectivity index (χ0) is 46.0. The van der Waals surface area contributed by atoms with E-state index in [2.05, 4.69) is 0 Å². The Kier molecular flexibility index (Phi) is 35.4. The van der Waals surface area contributed by atoms with Crippen LogP contribution in [-0.2, 0) is 86.3 Å². The lowest BCUT2D eigenvalue weighted by Crippen LogP contribution is -2.46. The summed E-state index contributed by atoms with van der Waals surface area (Å²) in [5.74, 6) is 0. The summed E-state index contributed by atoms with van der Waals surface area (Å²) in [6.45, 7) is 9.11. The third-order valence-electron chi connectivity index (χ3n) is 10.5. The van der Waals surface area contributed by atoms with Gasteiger partial charge in [-0.05, 0) is 39.5 Å². The van der Waals surface area contributed by atoms with Crippen molar-refractivity contribution >= 4 is 35.2 Å². The Bertz CT molecular complexity index is 842.